The molecule has 0 unspecified atom stereocenters. The van der Waals surface area contributed by atoms with Crippen molar-refractivity contribution in [3.63, 3.8) is 0 Å². The molecule has 4 nitrogen and oxygen atoms in total. The largest absolute Gasteiger partial charge is 0.349 e. The number of aryl methyl sites for hydroxylation is 1. The van der Waals surface area contributed by atoms with Crippen molar-refractivity contribution in [2.24, 2.45) is 5.73 Å². The summed E-state index contributed by atoms with van der Waals surface area (Å²) in [5.74, 6) is -0.0806. The molecule has 1 heterocycles. The lowest BCUT2D eigenvalue weighted by Crippen LogP contribution is -2.30. The van der Waals surface area contributed by atoms with Gasteiger partial charge in [-0.2, -0.15) is 0 Å². The van der Waals surface area contributed by atoms with Gasteiger partial charge in [-0.15, -0.1) is 0 Å². The molecule has 1 aromatic rings. The van der Waals surface area contributed by atoms with Gasteiger partial charge in [0, 0.05) is 30.3 Å². The number of carbonyl (C=O) groups excluding carboxylic acids is 1. The van der Waals surface area contributed by atoms with E-state index < -0.39 is 0 Å². The van der Waals surface area contributed by atoms with Gasteiger partial charge in [0.1, 0.15) is 5.69 Å². The fourth-order valence-corrected chi connectivity index (χ4v) is 1.67. The first-order chi connectivity index (χ1) is 6.69. The van der Waals surface area contributed by atoms with Crippen molar-refractivity contribution in [2.45, 2.75) is 13.5 Å². The van der Waals surface area contributed by atoms with Gasteiger partial charge >= 0.3 is 0 Å². The number of hydrogen-bond donors (Lipinski definition) is 2. The van der Waals surface area contributed by atoms with Gasteiger partial charge in [0.2, 0.25) is 0 Å². The van der Waals surface area contributed by atoms with Crippen LogP contribution < -0.4 is 11.1 Å². The first kappa shape index (κ1) is 11.3. The third-order valence-electron chi connectivity index (χ3n) is 1.87. The van der Waals surface area contributed by atoms with Crippen LogP contribution in [0.15, 0.2) is 16.7 Å². The summed E-state index contributed by atoms with van der Waals surface area (Å²) in [5.41, 5.74) is 5.96. The minimum atomic E-state index is -0.0806. The van der Waals surface area contributed by atoms with Crippen molar-refractivity contribution in [3.05, 3.63) is 22.4 Å². The Kier molecular flexibility index (Phi) is 4.16. The van der Waals surface area contributed by atoms with E-state index in [2.05, 4.69) is 21.2 Å². The Morgan fingerprint density at radius 2 is 2.43 bits per heavy atom. The molecule has 0 aromatic carbocycles. The van der Waals surface area contributed by atoms with Gasteiger partial charge < -0.3 is 15.6 Å². The van der Waals surface area contributed by atoms with Crippen LogP contribution in [-0.2, 0) is 6.54 Å². The van der Waals surface area contributed by atoms with E-state index in [0.717, 1.165) is 11.0 Å². The van der Waals surface area contributed by atoms with Crippen molar-refractivity contribution in [3.8, 4) is 0 Å². The van der Waals surface area contributed by atoms with Crippen molar-refractivity contribution < 1.29 is 4.79 Å². The van der Waals surface area contributed by atoms with Gasteiger partial charge in [0.05, 0.1) is 0 Å². The van der Waals surface area contributed by atoms with E-state index in [0.29, 0.717) is 18.8 Å². The summed E-state index contributed by atoms with van der Waals surface area (Å²) in [5, 5.41) is 2.73. The van der Waals surface area contributed by atoms with Gasteiger partial charge in [-0.1, -0.05) is 0 Å². The minimum absolute atomic E-state index is 0.0806. The van der Waals surface area contributed by atoms with Crippen LogP contribution in [0.2, 0.25) is 0 Å². The Hall–Kier alpha value is -0.810. The van der Waals surface area contributed by atoms with Crippen LogP contribution in [0.1, 0.15) is 17.4 Å². The lowest BCUT2D eigenvalue weighted by molar-refractivity contribution is 0.0945. The molecule has 0 saturated carbocycles. The Morgan fingerprint density at radius 3 is 3.00 bits per heavy atom. The highest BCUT2D eigenvalue weighted by molar-refractivity contribution is 9.10. The van der Waals surface area contributed by atoms with Gasteiger partial charge in [-0.25, -0.2) is 0 Å². The molecule has 0 aliphatic carbocycles. The number of carbonyl (C=O) groups is 1. The van der Waals surface area contributed by atoms with Crippen LogP contribution >= 0.6 is 15.9 Å². The first-order valence-electron chi connectivity index (χ1n) is 4.53. The highest BCUT2D eigenvalue weighted by Crippen LogP contribution is 2.14. The van der Waals surface area contributed by atoms with Crippen molar-refractivity contribution in [1.29, 1.82) is 0 Å². The monoisotopic (exact) mass is 259 g/mol. The number of halogens is 1. The molecule has 1 aromatic heterocycles. The van der Waals surface area contributed by atoms with E-state index >= 15 is 0 Å². The molecule has 0 aliphatic rings. The van der Waals surface area contributed by atoms with Gasteiger partial charge in [0.25, 0.3) is 5.91 Å². The zero-order valence-corrected chi connectivity index (χ0v) is 9.67. The number of hydrogen-bond acceptors (Lipinski definition) is 2. The Bertz CT molecular complexity index is 322. The average molecular weight is 260 g/mol. The lowest BCUT2D eigenvalue weighted by atomic mass is 10.4. The molecule has 5 heteroatoms. The van der Waals surface area contributed by atoms with E-state index in [4.69, 9.17) is 5.73 Å². The zero-order valence-electron chi connectivity index (χ0n) is 8.09. The van der Waals surface area contributed by atoms with Crippen LogP contribution in [0.3, 0.4) is 0 Å². The van der Waals surface area contributed by atoms with Gasteiger partial charge in [-0.05, 0) is 28.9 Å². The number of rotatable bonds is 4. The third kappa shape index (κ3) is 2.59. The molecule has 1 amide bonds. The molecular formula is C9H14BrN3O. The zero-order chi connectivity index (χ0) is 10.6. The molecule has 0 spiro atoms. The second-order valence-electron chi connectivity index (χ2n) is 2.87. The Morgan fingerprint density at radius 1 is 1.71 bits per heavy atom. The predicted molar refractivity (Wildman–Crippen MR) is 59.2 cm³/mol. The van der Waals surface area contributed by atoms with Crippen LogP contribution in [0.25, 0.3) is 0 Å². The Labute approximate surface area is 91.6 Å². The summed E-state index contributed by atoms with van der Waals surface area (Å²) >= 11 is 3.33. The highest BCUT2D eigenvalue weighted by Gasteiger charge is 2.10. The smallest absolute Gasteiger partial charge is 0.267 e. The molecule has 1 rings (SSSR count). The summed E-state index contributed by atoms with van der Waals surface area (Å²) in [6.45, 7) is 3.73. The van der Waals surface area contributed by atoms with Gasteiger partial charge in [-0.3, -0.25) is 4.79 Å². The summed E-state index contributed by atoms with van der Waals surface area (Å²) in [7, 11) is 0. The quantitative estimate of drug-likeness (QED) is 0.847. The molecule has 0 saturated heterocycles. The lowest BCUT2D eigenvalue weighted by Gasteiger charge is -2.06. The maximum atomic E-state index is 11.6. The summed E-state index contributed by atoms with van der Waals surface area (Å²) < 4.78 is 2.80. The topological polar surface area (TPSA) is 60.0 Å². The molecule has 0 aliphatic heterocycles. The second kappa shape index (κ2) is 5.17. The molecular weight excluding hydrogens is 246 g/mol. The van der Waals surface area contributed by atoms with E-state index in [-0.39, 0.29) is 5.91 Å². The molecule has 0 radical (unpaired) electrons. The highest BCUT2D eigenvalue weighted by atomic mass is 79.9. The van der Waals surface area contributed by atoms with E-state index in [1.54, 1.807) is 6.07 Å². The minimum Gasteiger partial charge on any atom is -0.349 e. The fraction of sp³-hybridized carbons (Fsp3) is 0.444. The van der Waals surface area contributed by atoms with E-state index in [1.807, 2.05) is 17.7 Å². The maximum absolute atomic E-state index is 11.6. The van der Waals surface area contributed by atoms with Crippen LogP contribution in [0.4, 0.5) is 0 Å². The fourth-order valence-electron chi connectivity index (χ4n) is 1.20. The number of amides is 1. The maximum Gasteiger partial charge on any atom is 0.267 e. The summed E-state index contributed by atoms with van der Waals surface area (Å²) in [4.78, 5) is 11.6. The number of nitrogens with one attached hydrogen (secondary N) is 1. The molecule has 0 atom stereocenters. The third-order valence-corrected chi connectivity index (χ3v) is 2.30. The number of aromatic nitrogens is 1. The van der Waals surface area contributed by atoms with Gasteiger partial charge in [0.15, 0.2) is 0 Å². The standard InChI is InChI=1S/C9H14BrN3O/c1-2-13-6-7(10)5-8(13)9(14)12-4-3-11/h5-6H,2-4,11H2,1H3,(H,12,14). The molecule has 0 bridgehead atoms. The SMILES string of the molecule is CCn1cc(Br)cc1C(=O)NCCN. The second-order valence-corrected chi connectivity index (χ2v) is 3.79. The number of nitrogens with two attached hydrogens (primary N) is 1. The summed E-state index contributed by atoms with van der Waals surface area (Å²) in [6.07, 6.45) is 1.89. The number of nitrogens with zero attached hydrogens (tertiary/aromatic N) is 1. The normalized spacial score (nSPS) is 10.2. The van der Waals surface area contributed by atoms with Crippen LogP contribution in [0.5, 0.6) is 0 Å². The van der Waals surface area contributed by atoms with Crippen molar-refractivity contribution >= 4 is 21.8 Å². The van der Waals surface area contributed by atoms with Crippen LogP contribution in [0, 0.1) is 0 Å². The van der Waals surface area contributed by atoms with Crippen molar-refractivity contribution in [1.82, 2.24) is 9.88 Å². The Balaban J connectivity index is 2.77. The van der Waals surface area contributed by atoms with E-state index in [1.165, 1.54) is 0 Å². The molecule has 3 N–H and O–H groups in total. The van der Waals surface area contributed by atoms with Crippen LogP contribution in [-0.4, -0.2) is 23.6 Å². The predicted octanol–water partition coefficient (Wildman–Crippen LogP) is 0.959. The van der Waals surface area contributed by atoms with Crippen molar-refractivity contribution in [2.75, 3.05) is 13.1 Å². The molecule has 0 fully saturated rings. The molecule has 14 heavy (non-hydrogen) atoms. The first-order valence-corrected chi connectivity index (χ1v) is 5.32. The molecule has 78 valence electrons. The average Bonchev–Trinajstić information content (AvgIpc) is 2.56. The summed E-state index contributed by atoms with van der Waals surface area (Å²) in [6, 6.07) is 1.80. The van der Waals surface area contributed by atoms with E-state index in [9.17, 15) is 4.79 Å².